The van der Waals surface area contributed by atoms with Crippen LogP contribution < -0.4 is 9.64 Å². The largest absolute Gasteiger partial charge is 0.496 e. The molecule has 0 heterocycles. The fourth-order valence-corrected chi connectivity index (χ4v) is 1.93. The number of anilines is 1. The maximum absolute atomic E-state index is 13.9. The first kappa shape index (κ1) is 14.5. The normalized spacial score (nSPS) is 9.81. The maximum Gasteiger partial charge on any atom is 0.264 e. The zero-order valence-corrected chi connectivity index (χ0v) is 11.6. The number of halogens is 1. The summed E-state index contributed by atoms with van der Waals surface area (Å²) in [4.78, 5) is 13.7. The van der Waals surface area contributed by atoms with Crippen LogP contribution in [0.4, 0.5) is 10.1 Å². The molecule has 5 heteroatoms. The molecule has 4 nitrogen and oxygen atoms in total. The molecule has 0 bridgehead atoms. The molecule has 0 aromatic heterocycles. The van der Waals surface area contributed by atoms with Gasteiger partial charge in [0.1, 0.15) is 17.1 Å². The first-order valence-electron chi connectivity index (χ1n) is 6.19. The summed E-state index contributed by atoms with van der Waals surface area (Å²) in [5.74, 6) is -0.977. The maximum atomic E-state index is 13.9. The lowest BCUT2D eigenvalue weighted by atomic mass is 10.1. The molecule has 0 radical (unpaired) electrons. The number of methoxy groups -OCH3 is 1. The van der Waals surface area contributed by atoms with E-state index in [0.717, 1.165) is 0 Å². The molecule has 1 amide bonds. The van der Waals surface area contributed by atoms with Gasteiger partial charge in [-0.3, -0.25) is 4.79 Å². The predicted octanol–water partition coefficient (Wildman–Crippen LogP) is 2.98. The van der Waals surface area contributed by atoms with Crippen LogP contribution in [0.25, 0.3) is 0 Å². The smallest absolute Gasteiger partial charge is 0.264 e. The third-order valence-electron chi connectivity index (χ3n) is 3.10. The number of nitriles is 1. The molecule has 0 fully saturated rings. The number of hydrogen-bond donors (Lipinski definition) is 0. The quantitative estimate of drug-likeness (QED) is 0.870. The molecule has 0 aliphatic heterocycles. The van der Waals surface area contributed by atoms with Crippen molar-refractivity contribution >= 4 is 11.6 Å². The lowest BCUT2D eigenvalue weighted by Gasteiger charge is -2.19. The van der Waals surface area contributed by atoms with Gasteiger partial charge in [0.25, 0.3) is 5.91 Å². The Hall–Kier alpha value is -2.87. The van der Waals surface area contributed by atoms with Crippen LogP contribution >= 0.6 is 0 Å². The Morgan fingerprint density at radius 3 is 2.48 bits per heavy atom. The number of nitrogens with zero attached hydrogens (tertiary/aromatic N) is 2. The molecule has 0 saturated carbocycles. The van der Waals surface area contributed by atoms with E-state index in [1.807, 2.05) is 6.07 Å². The number of hydrogen-bond acceptors (Lipinski definition) is 3. The first-order valence-corrected chi connectivity index (χ1v) is 6.19. The van der Waals surface area contributed by atoms with E-state index in [4.69, 9.17) is 10.00 Å². The average Bonchev–Trinajstić information content (AvgIpc) is 2.53. The van der Waals surface area contributed by atoms with Gasteiger partial charge in [-0.25, -0.2) is 4.39 Å². The molecule has 2 rings (SSSR count). The molecule has 2 aromatic carbocycles. The molecule has 0 atom stereocenters. The Morgan fingerprint density at radius 1 is 1.24 bits per heavy atom. The number of benzene rings is 2. The third kappa shape index (κ3) is 2.84. The second kappa shape index (κ2) is 6.06. The fraction of sp³-hybridized carbons (Fsp3) is 0.125. The van der Waals surface area contributed by atoms with E-state index in [9.17, 15) is 9.18 Å². The summed E-state index contributed by atoms with van der Waals surface area (Å²) >= 11 is 0. The number of amides is 1. The van der Waals surface area contributed by atoms with Crippen LogP contribution in [0.1, 0.15) is 15.9 Å². The van der Waals surface area contributed by atoms with Crippen LogP contribution in [0.3, 0.4) is 0 Å². The summed E-state index contributed by atoms with van der Waals surface area (Å²) in [5, 5.41) is 8.76. The van der Waals surface area contributed by atoms with Gasteiger partial charge in [0, 0.05) is 12.7 Å². The van der Waals surface area contributed by atoms with Crippen molar-refractivity contribution in [3.05, 3.63) is 59.4 Å². The van der Waals surface area contributed by atoms with Crippen LogP contribution in [0.2, 0.25) is 0 Å². The van der Waals surface area contributed by atoms with Crippen molar-refractivity contribution in [2.24, 2.45) is 0 Å². The summed E-state index contributed by atoms with van der Waals surface area (Å²) in [5.41, 5.74) is 0.930. The Labute approximate surface area is 122 Å². The van der Waals surface area contributed by atoms with E-state index in [0.29, 0.717) is 11.3 Å². The van der Waals surface area contributed by atoms with Crippen LogP contribution in [0.5, 0.6) is 5.75 Å². The van der Waals surface area contributed by atoms with Crippen molar-refractivity contribution in [3.8, 4) is 11.8 Å². The highest BCUT2D eigenvalue weighted by molar-refractivity contribution is 6.07. The zero-order chi connectivity index (χ0) is 15.4. The third-order valence-corrected chi connectivity index (χ3v) is 3.10. The highest BCUT2D eigenvalue weighted by Crippen LogP contribution is 2.25. The monoisotopic (exact) mass is 284 g/mol. The number of carbonyl (C=O) groups is 1. The molecule has 106 valence electrons. The zero-order valence-electron chi connectivity index (χ0n) is 11.6. The van der Waals surface area contributed by atoms with Gasteiger partial charge in [0.15, 0.2) is 0 Å². The van der Waals surface area contributed by atoms with Crippen molar-refractivity contribution in [1.29, 1.82) is 5.26 Å². The van der Waals surface area contributed by atoms with Crippen LogP contribution in [0.15, 0.2) is 42.5 Å². The summed E-state index contributed by atoms with van der Waals surface area (Å²) in [6.45, 7) is 0. The minimum atomic E-state index is -0.639. The van der Waals surface area contributed by atoms with Crippen molar-refractivity contribution in [2.45, 2.75) is 0 Å². The molecular formula is C16H13FN2O2. The SMILES string of the molecule is COc1cccc(F)c1C(=O)N(C)c1ccc(C#N)cc1. The standard InChI is InChI=1S/C16H13FN2O2/c1-19(12-8-6-11(10-18)7-9-12)16(20)15-13(17)4-3-5-14(15)21-2/h3-9H,1-2H3. The molecule has 0 unspecified atom stereocenters. The van der Waals surface area contributed by atoms with Gasteiger partial charge in [-0.1, -0.05) is 6.07 Å². The van der Waals surface area contributed by atoms with Gasteiger partial charge >= 0.3 is 0 Å². The van der Waals surface area contributed by atoms with Gasteiger partial charge in [-0.2, -0.15) is 5.26 Å². The Balaban J connectivity index is 2.37. The van der Waals surface area contributed by atoms with Crippen molar-refractivity contribution in [2.75, 3.05) is 19.1 Å². The van der Waals surface area contributed by atoms with E-state index < -0.39 is 11.7 Å². The second-order valence-corrected chi connectivity index (χ2v) is 4.34. The summed E-state index contributed by atoms with van der Waals surface area (Å²) in [7, 11) is 2.92. The molecule has 0 saturated heterocycles. The fourth-order valence-electron chi connectivity index (χ4n) is 1.93. The molecule has 0 aliphatic carbocycles. The van der Waals surface area contributed by atoms with E-state index >= 15 is 0 Å². The Morgan fingerprint density at radius 2 is 1.90 bits per heavy atom. The van der Waals surface area contributed by atoms with Gasteiger partial charge in [-0.15, -0.1) is 0 Å². The highest BCUT2D eigenvalue weighted by Gasteiger charge is 2.21. The summed E-state index contributed by atoms with van der Waals surface area (Å²) in [6.07, 6.45) is 0. The average molecular weight is 284 g/mol. The van der Waals surface area contributed by atoms with Gasteiger partial charge in [0.05, 0.1) is 18.7 Å². The van der Waals surface area contributed by atoms with Crippen molar-refractivity contribution in [1.82, 2.24) is 0 Å². The number of rotatable bonds is 3. The number of ether oxygens (including phenoxy) is 1. The van der Waals surface area contributed by atoms with Crippen LogP contribution in [-0.4, -0.2) is 20.1 Å². The minimum Gasteiger partial charge on any atom is -0.496 e. The van der Waals surface area contributed by atoms with Gasteiger partial charge in [-0.05, 0) is 36.4 Å². The Bertz CT molecular complexity index is 705. The van der Waals surface area contributed by atoms with Crippen molar-refractivity contribution in [3.63, 3.8) is 0 Å². The van der Waals surface area contributed by atoms with Crippen LogP contribution in [-0.2, 0) is 0 Å². The van der Waals surface area contributed by atoms with E-state index in [1.54, 1.807) is 24.3 Å². The summed E-state index contributed by atoms with van der Waals surface area (Å²) in [6, 6.07) is 12.7. The lowest BCUT2D eigenvalue weighted by Crippen LogP contribution is -2.27. The van der Waals surface area contributed by atoms with E-state index in [1.165, 1.54) is 37.3 Å². The molecular weight excluding hydrogens is 271 g/mol. The molecule has 0 aliphatic rings. The molecule has 2 aromatic rings. The second-order valence-electron chi connectivity index (χ2n) is 4.34. The predicted molar refractivity (Wildman–Crippen MR) is 76.8 cm³/mol. The molecule has 21 heavy (non-hydrogen) atoms. The summed E-state index contributed by atoms with van der Waals surface area (Å²) < 4.78 is 19.0. The van der Waals surface area contributed by atoms with E-state index in [2.05, 4.69) is 0 Å². The lowest BCUT2D eigenvalue weighted by molar-refractivity contribution is 0.0986. The van der Waals surface area contributed by atoms with Gasteiger partial charge < -0.3 is 9.64 Å². The number of carbonyl (C=O) groups excluding carboxylic acids is 1. The minimum absolute atomic E-state index is 0.119. The highest BCUT2D eigenvalue weighted by atomic mass is 19.1. The topological polar surface area (TPSA) is 53.3 Å². The van der Waals surface area contributed by atoms with Gasteiger partial charge in [0.2, 0.25) is 0 Å². The molecule has 0 N–H and O–H groups in total. The molecule has 0 spiro atoms. The van der Waals surface area contributed by atoms with Crippen molar-refractivity contribution < 1.29 is 13.9 Å². The Kier molecular flexibility index (Phi) is 4.19. The van der Waals surface area contributed by atoms with Crippen LogP contribution in [0, 0.1) is 17.1 Å². The first-order chi connectivity index (χ1) is 10.1. The van der Waals surface area contributed by atoms with E-state index in [-0.39, 0.29) is 11.3 Å².